The number of hydrogen-bond acceptors (Lipinski definition) is 6. The third kappa shape index (κ3) is 7.25. The molecule has 1 rings (SSSR count). The minimum Gasteiger partial charge on any atom is -0.478 e. The molecule has 0 radical (unpaired) electrons. The second kappa shape index (κ2) is 10.4. The maximum absolute atomic E-state index is 5.40. The number of unbranched alkanes of at least 4 members (excludes halogenated alkanes) is 1. The number of aryl methyl sites for hydroxylation is 1. The molecule has 0 aliphatic carbocycles. The van der Waals surface area contributed by atoms with Gasteiger partial charge in [-0.2, -0.15) is 4.98 Å². The Balaban J connectivity index is 2.18. The molecule has 6 heteroatoms. The van der Waals surface area contributed by atoms with Gasteiger partial charge in [-0.1, -0.05) is 0 Å². The molecule has 0 atom stereocenters. The standard InChI is InChI=1S/C14H25N3O3/c1-4-20-14-11-13(16-12(2)17-14)15-7-5-6-8-19-10-9-18-3/h11H,4-10H2,1-3H3,(H,15,16,17). The van der Waals surface area contributed by atoms with E-state index in [4.69, 9.17) is 14.2 Å². The summed E-state index contributed by atoms with van der Waals surface area (Å²) in [7, 11) is 1.67. The fourth-order valence-corrected chi connectivity index (χ4v) is 1.64. The first-order chi connectivity index (χ1) is 9.76. The highest BCUT2D eigenvalue weighted by Crippen LogP contribution is 2.13. The quantitative estimate of drug-likeness (QED) is 0.627. The van der Waals surface area contributed by atoms with Gasteiger partial charge in [-0.05, 0) is 26.7 Å². The molecule has 0 amide bonds. The molecular formula is C14H25N3O3. The monoisotopic (exact) mass is 283 g/mol. The highest BCUT2D eigenvalue weighted by molar-refractivity contribution is 5.38. The van der Waals surface area contributed by atoms with Crippen LogP contribution in [-0.2, 0) is 9.47 Å². The molecule has 0 fully saturated rings. The maximum Gasteiger partial charge on any atom is 0.218 e. The van der Waals surface area contributed by atoms with E-state index in [9.17, 15) is 0 Å². The Bertz CT molecular complexity index is 375. The molecule has 114 valence electrons. The summed E-state index contributed by atoms with van der Waals surface area (Å²) in [5.41, 5.74) is 0. The van der Waals surface area contributed by atoms with Crippen molar-refractivity contribution >= 4 is 5.82 Å². The number of methoxy groups -OCH3 is 1. The van der Waals surface area contributed by atoms with Crippen molar-refractivity contribution in [1.82, 2.24) is 9.97 Å². The van der Waals surface area contributed by atoms with Crippen molar-refractivity contribution in [3.8, 4) is 5.88 Å². The molecule has 0 unspecified atom stereocenters. The Morgan fingerprint density at radius 2 is 2.00 bits per heavy atom. The van der Waals surface area contributed by atoms with E-state index in [-0.39, 0.29) is 0 Å². The molecule has 20 heavy (non-hydrogen) atoms. The number of ether oxygens (including phenoxy) is 3. The molecule has 0 aliphatic heterocycles. The van der Waals surface area contributed by atoms with Gasteiger partial charge in [0.1, 0.15) is 11.6 Å². The van der Waals surface area contributed by atoms with Crippen LogP contribution in [0.3, 0.4) is 0 Å². The predicted molar refractivity (Wildman–Crippen MR) is 78.4 cm³/mol. The average molecular weight is 283 g/mol. The van der Waals surface area contributed by atoms with E-state index >= 15 is 0 Å². The zero-order valence-electron chi connectivity index (χ0n) is 12.6. The first kappa shape index (κ1) is 16.7. The molecular weight excluding hydrogens is 258 g/mol. The average Bonchev–Trinajstić information content (AvgIpc) is 2.41. The van der Waals surface area contributed by atoms with E-state index in [0.29, 0.717) is 31.5 Å². The fourth-order valence-electron chi connectivity index (χ4n) is 1.64. The van der Waals surface area contributed by atoms with Gasteiger partial charge in [0.2, 0.25) is 5.88 Å². The summed E-state index contributed by atoms with van der Waals surface area (Å²) in [6.45, 7) is 7.33. The third-order valence-electron chi connectivity index (χ3n) is 2.56. The van der Waals surface area contributed by atoms with Gasteiger partial charge in [-0.3, -0.25) is 0 Å². The van der Waals surface area contributed by atoms with Crippen molar-refractivity contribution in [2.24, 2.45) is 0 Å². The molecule has 1 aromatic heterocycles. The third-order valence-corrected chi connectivity index (χ3v) is 2.56. The molecule has 1 N–H and O–H groups in total. The van der Waals surface area contributed by atoms with Crippen LogP contribution in [0.25, 0.3) is 0 Å². The Morgan fingerprint density at radius 1 is 1.15 bits per heavy atom. The Hall–Kier alpha value is -1.40. The Kier molecular flexibility index (Phi) is 8.66. The van der Waals surface area contributed by atoms with E-state index < -0.39 is 0 Å². The first-order valence-corrected chi connectivity index (χ1v) is 7.05. The number of nitrogens with one attached hydrogen (secondary N) is 1. The van der Waals surface area contributed by atoms with Gasteiger partial charge < -0.3 is 19.5 Å². The number of rotatable bonds is 11. The Morgan fingerprint density at radius 3 is 2.75 bits per heavy atom. The lowest BCUT2D eigenvalue weighted by Gasteiger charge is -2.09. The highest BCUT2D eigenvalue weighted by atomic mass is 16.5. The molecule has 1 aromatic rings. The van der Waals surface area contributed by atoms with Gasteiger partial charge >= 0.3 is 0 Å². The number of aromatic nitrogens is 2. The zero-order valence-corrected chi connectivity index (χ0v) is 12.6. The SMILES string of the molecule is CCOc1cc(NCCCCOCCOC)nc(C)n1. The van der Waals surface area contributed by atoms with Crippen molar-refractivity contribution in [3.63, 3.8) is 0 Å². The smallest absolute Gasteiger partial charge is 0.218 e. The van der Waals surface area contributed by atoms with Crippen LogP contribution in [0.2, 0.25) is 0 Å². The minimum absolute atomic E-state index is 0.606. The lowest BCUT2D eigenvalue weighted by molar-refractivity contribution is 0.0691. The molecule has 0 saturated carbocycles. The van der Waals surface area contributed by atoms with Crippen LogP contribution in [0.15, 0.2) is 6.07 Å². The molecule has 0 aromatic carbocycles. The van der Waals surface area contributed by atoms with Gasteiger partial charge in [0.15, 0.2) is 0 Å². The van der Waals surface area contributed by atoms with Crippen molar-refractivity contribution in [2.75, 3.05) is 45.4 Å². The second-order valence-corrected chi connectivity index (χ2v) is 4.31. The number of nitrogens with zero attached hydrogens (tertiary/aromatic N) is 2. The maximum atomic E-state index is 5.40. The fraction of sp³-hybridized carbons (Fsp3) is 0.714. The van der Waals surface area contributed by atoms with Gasteiger partial charge in [-0.15, -0.1) is 0 Å². The summed E-state index contributed by atoms with van der Waals surface area (Å²) < 4.78 is 15.7. The predicted octanol–water partition coefficient (Wildman–Crippen LogP) is 2.04. The van der Waals surface area contributed by atoms with Crippen LogP contribution in [0, 0.1) is 6.92 Å². The summed E-state index contributed by atoms with van der Waals surface area (Å²) in [5, 5.41) is 3.28. The summed E-state index contributed by atoms with van der Waals surface area (Å²) in [4.78, 5) is 8.53. The summed E-state index contributed by atoms with van der Waals surface area (Å²) in [5.74, 6) is 2.13. The van der Waals surface area contributed by atoms with Crippen LogP contribution in [0.5, 0.6) is 5.88 Å². The number of anilines is 1. The molecule has 0 bridgehead atoms. The Labute approximate surface area is 120 Å². The second-order valence-electron chi connectivity index (χ2n) is 4.31. The van der Waals surface area contributed by atoms with Crippen molar-refractivity contribution < 1.29 is 14.2 Å². The highest BCUT2D eigenvalue weighted by Gasteiger charge is 2.01. The van der Waals surface area contributed by atoms with Gasteiger partial charge in [0, 0.05) is 26.3 Å². The van der Waals surface area contributed by atoms with Gasteiger partial charge in [0.25, 0.3) is 0 Å². The van der Waals surface area contributed by atoms with Crippen molar-refractivity contribution in [2.45, 2.75) is 26.7 Å². The number of hydrogen-bond donors (Lipinski definition) is 1. The van der Waals surface area contributed by atoms with Crippen molar-refractivity contribution in [1.29, 1.82) is 0 Å². The van der Waals surface area contributed by atoms with E-state index in [1.54, 1.807) is 7.11 Å². The van der Waals surface area contributed by atoms with Gasteiger partial charge in [-0.25, -0.2) is 4.98 Å². The molecule has 0 saturated heterocycles. The molecule has 0 spiro atoms. The van der Waals surface area contributed by atoms with Crippen molar-refractivity contribution in [3.05, 3.63) is 11.9 Å². The van der Waals surface area contributed by atoms with E-state index in [1.165, 1.54) is 0 Å². The van der Waals surface area contributed by atoms with Crippen LogP contribution < -0.4 is 10.1 Å². The molecule has 6 nitrogen and oxygen atoms in total. The van der Waals surface area contributed by atoms with Gasteiger partial charge in [0.05, 0.1) is 19.8 Å². The lowest BCUT2D eigenvalue weighted by atomic mass is 10.3. The summed E-state index contributed by atoms with van der Waals surface area (Å²) in [6, 6.07) is 1.82. The molecule has 1 heterocycles. The normalized spacial score (nSPS) is 10.6. The molecule has 0 aliphatic rings. The largest absolute Gasteiger partial charge is 0.478 e. The zero-order chi connectivity index (χ0) is 14.6. The minimum atomic E-state index is 0.606. The first-order valence-electron chi connectivity index (χ1n) is 7.05. The van der Waals surface area contributed by atoms with Crippen LogP contribution in [0.4, 0.5) is 5.82 Å². The lowest BCUT2D eigenvalue weighted by Crippen LogP contribution is -2.08. The topological polar surface area (TPSA) is 65.5 Å². The van der Waals surface area contributed by atoms with Crippen LogP contribution >= 0.6 is 0 Å². The van der Waals surface area contributed by atoms with E-state index in [1.807, 2.05) is 19.9 Å². The van der Waals surface area contributed by atoms with Crippen LogP contribution in [-0.4, -0.2) is 50.1 Å². The summed E-state index contributed by atoms with van der Waals surface area (Å²) in [6.07, 6.45) is 2.04. The van der Waals surface area contributed by atoms with E-state index in [0.717, 1.165) is 31.8 Å². The van der Waals surface area contributed by atoms with Crippen LogP contribution in [0.1, 0.15) is 25.6 Å². The summed E-state index contributed by atoms with van der Waals surface area (Å²) >= 11 is 0. The van der Waals surface area contributed by atoms with E-state index in [2.05, 4.69) is 15.3 Å².